The summed E-state index contributed by atoms with van der Waals surface area (Å²) in [6, 6.07) is 0.535. The van der Waals surface area contributed by atoms with E-state index in [1.807, 2.05) is 11.9 Å². The van der Waals surface area contributed by atoms with Crippen LogP contribution in [-0.4, -0.2) is 37.0 Å². The molecule has 3 heteroatoms. The maximum Gasteiger partial charge on any atom is 0.219 e. The maximum atomic E-state index is 11.3. The van der Waals surface area contributed by atoms with Gasteiger partial charge in [0.25, 0.3) is 0 Å². The first-order valence-corrected chi connectivity index (χ1v) is 5.66. The molecule has 1 amide bonds. The second-order valence-electron chi connectivity index (χ2n) is 4.63. The molecule has 1 aliphatic heterocycles. The second kappa shape index (κ2) is 3.89. The minimum Gasteiger partial charge on any atom is -0.339 e. The molecular formula is C11H20N2O. The molecule has 1 aliphatic carbocycles. The van der Waals surface area contributed by atoms with Gasteiger partial charge in [-0.25, -0.2) is 0 Å². The van der Waals surface area contributed by atoms with Gasteiger partial charge >= 0.3 is 0 Å². The van der Waals surface area contributed by atoms with Crippen molar-refractivity contribution in [3.63, 3.8) is 0 Å². The Kier molecular flexibility index (Phi) is 2.77. The van der Waals surface area contributed by atoms with E-state index in [9.17, 15) is 4.79 Å². The van der Waals surface area contributed by atoms with Crippen molar-refractivity contribution in [1.29, 1.82) is 0 Å². The monoisotopic (exact) mass is 196 g/mol. The molecule has 80 valence electrons. The quantitative estimate of drug-likeness (QED) is 0.723. The van der Waals surface area contributed by atoms with Gasteiger partial charge in [-0.1, -0.05) is 0 Å². The van der Waals surface area contributed by atoms with E-state index >= 15 is 0 Å². The summed E-state index contributed by atoms with van der Waals surface area (Å²) in [5, 5.41) is 3.26. The topological polar surface area (TPSA) is 32.3 Å². The molecule has 0 aromatic carbocycles. The summed E-state index contributed by atoms with van der Waals surface area (Å²) in [6.07, 6.45) is 3.95. The highest BCUT2D eigenvalue weighted by Gasteiger charge is 2.43. The molecule has 2 unspecified atom stereocenters. The van der Waals surface area contributed by atoms with Gasteiger partial charge in [0, 0.05) is 19.5 Å². The molecule has 2 atom stereocenters. The SMILES string of the molecule is CNCC(C1CC1)C1CCN1C(C)=O. The third kappa shape index (κ3) is 1.78. The number of amides is 1. The molecule has 1 N–H and O–H groups in total. The van der Waals surface area contributed by atoms with Crippen LogP contribution in [0.4, 0.5) is 0 Å². The van der Waals surface area contributed by atoms with Crippen molar-refractivity contribution in [2.24, 2.45) is 11.8 Å². The average Bonchev–Trinajstić information content (AvgIpc) is 2.82. The fourth-order valence-corrected chi connectivity index (χ4v) is 2.62. The van der Waals surface area contributed by atoms with Gasteiger partial charge in [-0.05, 0) is 44.7 Å². The number of carbonyl (C=O) groups excluding carboxylic acids is 1. The van der Waals surface area contributed by atoms with E-state index in [4.69, 9.17) is 0 Å². The van der Waals surface area contributed by atoms with E-state index in [1.165, 1.54) is 19.3 Å². The van der Waals surface area contributed by atoms with Crippen molar-refractivity contribution in [2.45, 2.75) is 32.2 Å². The third-order valence-corrected chi connectivity index (χ3v) is 3.63. The van der Waals surface area contributed by atoms with E-state index in [-0.39, 0.29) is 5.91 Å². The van der Waals surface area contributed by atoms with Gasteiger partial charge in [-0.3, -0.25) is 4.79 Å². The van der Waals surface area contributed by atoms with Crippen LogP contribution in [0.2, 0.25) is 0 Å². The van der Waals surface area contributed by atoms with Crippen LogP contribution in [0.3, 0.4) is 0 Å². The minimum absolute atomic E-state index is 0.253. The van der Waals surface area contributed by atoms with Crippen LogP contribution in [0.25, 0.3) is 0 Å². The lowest BCUT2D eigenvalue weighted by Gasteiger charge is -2.45. The first-order chi connectivity index (χ1) is 6.74. The molecule has 0 spiro atoms. The van der Waals surface area contributed by atoms with E-state index in [1.54, 1.807) is 6.92 Å². The number of rotatable bonds is 4. The highest BCUT2D eigenvalue weighted by molar-refractivity contribution is 5.74. The van der Waals surface area contributed by atoms with Crippen molar-refractivity contribution < 1.29 is 4.79 Å². The standard InChI is InChI=1S/C11H20N2O/c1-8(14)13-6-5-11(13)10(7-12-2)9-3-4-9/h9-12H,3-7H2,1-2H3. The predicted molar refractivity (Wildman–Crippen MR) is 55.9 cm³/mol. The van der Waals surface area contributed by atoms with E-state index in [2.05, 4.69) is 5.32 Å². The molecule has 0 radical (unpaired) electrons. The van der Waals surface area contributed by atoms with E-state index in [0.29, 0.717) is 12.0 Å². The molecular weight excluding hydrogens is 176 g/mol. The largest absolute Gasteiger partial charge is 0.339 e. The Morgan fingerprint density at radius 3 is 2.57 bits per heavy atom. The highest BCUT2D eigenvalue weighted by Crippen LogP contribution is 2.42. The molecule has 0 aromatic rings. The Morgan fingerprint density at radius 2 is 2.21 bits per heavy atom. The lowest BCUT2D eigenvalue weighted by Crippen LogP contribution is -2.56. The molecule has 1 saturated heterocycles. The fourth-order valence-electron chi connectivity index (χ4n) is 2.62. The lowest BCUT2D eigenvalue weighted by molar-refractivity contribution is -0.138. The Hall–Kier alpha value is -0.570. The summed E-state index contributed by atoms with van der Waals surface area (Å²) in [5.41, 5.74) is 0. The van der Waals surface area contributed by atoms with Crippen molar-refractivity contribution in [1.82, 2.24) is 10.2 Å². The summed E-state index contributed by atoms with van der Waals surface area (Å²) in [7, 11) is 2.01. The van der Waals surface area contributed by atoms with Crippen LogP contribution in [0.1, 0.15) is 26.2 Å². The van der Waals surface area contributed by atoms with Gasteiger partial charge in [-0.2, -0.15) is 0 Å². The van der Waals surface area contributed by atoms with Crippen LogP contribution in [0, 0.1) is 11.8 Å². The van der Waals surface area contributed by atoms with Crippen molar-refractivity contribution in [2.75, 3.05) is 20.1 Å². The van der Waals surface area contributed by atoms with E-state index < -0.39 is 0 Å². The van der Waals surface area contributed by atoms with Gasteiger partial charge in [0.05, 0.1) is 0 Å². The number of hydrogen-bond acceptors (Lipinski definition) is 2. The summed E-state index contributed by atoms with van der Waals surface area (Å²) in [6.45, 7) is 3.74. The molecule has 1 saturated carbocycles. The molecule has 14 heavy (non-hydrogen) atoms. The Bertz CT molecular complexity index is 225. The summed E-state index contributed by atoms with van der Waals surface area (Å²) in [5.74, 6) is 1.84. The van der Waals surface area contributed by atoms with Crippen molar-refractivity contribution >= 4 is 5.91 Å². The lowest BCUT2D eigenvalue weighted by atomic mass is 9.85. The van der Waals surface area contributed by atoms with Crippen molar-refractivity contribution in [3.8, 4) is 0 Å². The Morgan fingerprint density at radius 1 is 1.50 bits per heavy atom. The normalized spacial score (nSPS) is 28.4. The van der Waals surface area contributed by atoms with Crippen molar-refractivity contribution in [3.05, 3.63) is 0 Å². The molecule has 2 fully saturated rings. The molecule has 1 heterocycles. The number of carbonyl (C=O) groups is 1. The molecule has 0 bridgehead atoms. The first kappa shape index (κ1) is 9.97. The van der Waals surface area contributed by atoms with Gasteiger partial charge < -0.3 is 10.2 Å². The van der Waals surface area contributed by atoms with Gasteiger partial charge in [0.1, 0.15) is 0 Å². The Labute approximate surface area is 85.8 Å². The molecule has 3 nitrogen and oxygen atoms in total. The van der Waals surface area contributed by atoms with Crippen LogP contribution >= 0.6 is 0 Å². The molecule has 2 rings (SSSR count). The second-order valence-corrected chi connectivity index (χ2v) is 4.63. The Balaban J connectivity index is 1.93. The van der Waals surface area contributed by atoms with Crippen LogP contribution in [-0.2, 0) is 4.79 Å². The average molecular weight is 196 g/mol. The maximum absolute atomic E-state index is 11.3. The van der Waals surface area contributed by atoms with Gasteiger partial charge in [0.2, 0.25) is 5.91 Å². The summed E-state index contributed by atoms with van der Waals surface area (Å²) < 4.78 is 0. The molecule has 2 aliphatic rings. The zero-order chi connectivity index (χ0) is 10.1. The fraction of sp³-hybridized carbons (Fsp3) is 0.909. The third-order valence-electron chi connectivity index (χ3n) is 3.63. The first-order valence-electron chi connectivity index (χ1n) is 5.66. The predicted octanol–water partition coefficient (Wildman–Crippen LogP) is 0.853. The smallest absolute Gasteiger partial charge is 0.219 e. The summed E-state index contributed by atoms with van der Waals surface area (Å²) >= 11 is 0. The van der Waals surface area contributed by atoms with Gasteiger partial charge in [-0.15, -0.1) is 0 Å². The van der Waals surface area contributed by atoms with Gasteiger partial charge in [0.15, 0.2) is 0 Å². The highest BCUT2D eigenvalue weighted by atomic mass is 16.2. The van der Waals surface area contributed by atoms with Crippen LogP contribution in [0.5, 0.6) is 0 Å². The number of nitrogens with one attached hydrogen (secondary N) is 1. The molecule has 0 aromatic heterocycles. The number of nitrogens with zero attached hydrogens (tertiary/aromatic N) is 1. The zero-order valence-electron chi connectivity index (χ0n) is 9.12. The van der Waals surface area contributed by atoms with Crippen LogP contribution in [0.15, 0.2) is 0 Å². The minimum atomic E-state index is 0.253. The number of likely N-dealkylation sites (tertiary alicyclic amines) is 1. The zero-order valence-corrected chi connectivity index (χ0v) is 9.12. The van der Waals surface area contributed by atoms with E-state index in [0.717, 1.165) is 19.0 Å². The van der Waals surface area contributed by atoms with Crippen LogP contribution < -0.4 is 5.32 Å². The number of hydrogen-bond donors (Lipinski definition) is 1. The summed E-state index contributed by atoms with van der Waals surface area (Å²) in [4.78, 5) is 13.3.